The zero-order chi connectivity index (χ0) is 23.5. The number of ether oxygens (including phenoxy) is 3. The average molecular weight is 463 g/mol. The average Bonchev–Trinajstić information content (AvgIpc) is 3.25. The normalized spacial score (nSPS) is 16.9. The summed E-state index contributed by atoms with van der Waals surface area (Å²) >= 11 is 0. The Balaban J connectivity index is 1.19. The van der Waals surface area contributed by atoms with E-state index in [1.165, 1.54) is 18.3 Å². The number of aromatic nitrogens is 1. The molecular weight excluding hydrogens is 441 g/mol. The number of amides is 2. The van der Waals surface area contributed by atoms with E-state index in [2.05, 4.69) is 10.3 Å². The van der Waals surface area contributed by atoms with Gasteiger partial charge in [0.05, 0.1) is 6.20 Å². The monoisotopic (exact) mass is 463 g/mol. The molecule has 2 aromatic carbocycles. The Kier molecular flexibility index (Phi) is 5.99. The molecule has 3 heterocycles. The van der Waals surface area contributed by atoms with Gasteiger partial charge in [0.15, 0.2) is 23.1 Å². The van der Waals surface area contributed by atoms with Crippen LogP contribution in [0.3, 0.4) is 0 Å². The van der Waals surface area contributed by atoms with Crippen LogP contribution in [0.2, 0.25) is 0 Å². The Morgan fingerprint density at radius 1 is 1.15 bits per heavy atom. The minimum atomic E-state index is -0.800. The van der Waals surface area contributed by atoms with Crippen LogP contribution in [0.5, 0.6) is 23.0 Å². The van der Waals surface area contributed by atoms with Crippen LogP contribution >= 0.6 is 0 Å². The van der Waals surface area contributed by atoms with Crippen molar-refractivity contribution in [2.24, 2.45) is 5.92 Å². The molecule has 1 atom stereocenters. The fraction of sp³-hybridized carbons (Fsp3) is 0.240. The topological polar surface area (TPSA) is 90.0 Å². The van der Waals surface area contributed by atoms with E-state index in [0.717, 1.165) is 0 Å². The summed E-state index contributed by atoms with van der Waals surface area (Å²) in [4.78, 5) is 31.1. The molecule has 3 aromatic rings. The van der Waals surface area contributed by atoms with E-state index in [1.807, 2.05) is 0 Å². The van der Waals surface area contributed by atoms with Crippen molar-refractivity contribution in [1.82, 2.24) is 10.3 Å². The molecule has 1 fully saturated rings. The lowest BCUT2D eigenvalue weighted by Gasteiger charge is -2.22. The molecule has 0 bridgehead atoms. The van der Waals surface area contributed by atoms with Gasteiger partial charge in [-0.3, -0.25) is 14.6 Å². The molecule has 1 saturated heterocycles. The van der Waals surface area contributed by atoms with Gasteiger partial charge >= 0.3 is 0 Å². The summed E-state index contributed by atoms with van der Waals surface area (Å²) in [5.74, 6) is -0.318. The number of fused-ring (bicyclic) bond motifs is 1. The Bertz CT molecular complexity index is 1220. The Labute approximate surface area is 195 Å². The quantitative estimate of drug-likeness (QED) is 0.564. The summed E-state index contributed by atoms with van der Waals surface area (Å²) in [6.07, 6.45) is 3.48. The molecule has 0 spiro atoms. The van der Waals surface area contributed by atoms with E-state index < -0.39 is 11.7 Å². The maximum absolute atomic E-state index is 14.4. The van der Waals surface area contributed by atoms with Crippen molar-refractivity contribution in [3.8, 4) is 23.0 Å². The van der Waals surface area contributed by atoms with Gasteiger partial charge in [-0.15, -0.1) is 0 Å². The lowest BCUT2D eigenvalue weighted by atomic mass is 10.1. The van der Waals surface area contributed by atoms with Gasteiger partial charge in [0.1, 0.15) is 24.9 Å². The number of benzene rings is 2. The standard InChI is InChI=1S/C25H22FN3O5/c26-20-12-16(3-5-21(20)34-18-2-1-8-27-15-18)14-28-24(30)19-7-9-29(25(19)31)17-4-6-22-23(13-17)33-11-10-32-22/h1-6,8,12-13,15,19H,7,9-11,14H2,(H,28,30). The van der Waals surface area contributed by atoms with Crippen molar-refractivity contribution in [3.05, 3.63) is 72.3 Å². The second-order valence-corrected chi connectivity index (χ2v) is 7.93. The van der Waals surface area contributed by atoms with Crippen LogP contribution in [0.15, 0.2) is 60.9 Å². The summed E-state index contributed by atoms with van der Waals surface area (Å²) < 4.78 is 31.0. The first-order valence-corrected chi connectivity index (χ1v) is 10.9. The zero-order valence-electron chi connectivity index (χ0n) is 18.2. The number of rotatable bonds is 6. The smallest absolute Gasteiger partial charge is 0.239 e. The highest BCUT2D eigenvalue weighted by Crippen LogP contribution is 2.36. The third-order valence-electron chi connectivity index (χ3n) is 5.68. The number of carbonyl (C=O) groups excluding carboxylic acids is 2. The SMILES string of the molecule is O=C(NCc1ccc(Oc2cccnc2)c(F)c1)C1CCN(c2ccc3c(c2)OCCO3)C1=O. The molecule has 2 amide bonds. The molecule has 2 aliphatic heterocycles. The largest absolute Gasteiger partial charge is 0.486 e. The van der Waals surface area contributed by atoms with Crippen molar-refractivity contribution in [1.29, 1.82) is 0 Å². The van der Waals surface area contributed by atoms with Crippen LogP contribution < -0.4 is 24.4 Å². The minimum Gasteiger partial charge on any atom is -0.486 e. The highest BCUT2D eigenvalue weighted by Gasteiger charge is 2.37. The molecule has 1 unspecified atom stereocenters. The third-order valence-corrected chi connectivity index (χ3v) is 5.68. The third kappa shape index (κ3) is 4.50. The van der Waals surface area contributed by atoms with Crippen LogP contribution in [-0.4, -0.2) is 36.6 Å². The highest BCUT2D eigenvalue weighted by atomic mass is 19.1. The number of halogens is 1. The molecule has 1 N–H and O–H groups in total. The van der Waals surface area contributed by atoms with E-state index >= 15 is 0 Å². The van der Waals surface area contributed by atoms with Gasteiger partial charge in [-0.25, -0.2) is 4.39 Å². The molecule has 0 aliphatic carbocycles. The van der Waals surface area contributed by atoms with Gasteiger partial charge in [-0.1, -0.05) is 6.07 Å². The summed E-state index contributed by atoms with van der Waals surface area (Å²) in [5, 5.41) is 2.74. The molecule has 0 radical (unpaired) electrons. The van der Waals surface area contributed by atoms with Gasteiger partial charge in [0, 0.05) is 31.0 Å². The summed E-state index contributed by atoms with van der Waals surface area (Å²) in [6.45, 7) is 1.45. The van der Waals surface area contributed by atoms with E-state index in [0.29, 0.717) is 54.7 Å². The molecule has 1 aromatic heterocycles. The molecular formula is C25H22FN3O5. The molecule has 174 valence electrons. The summed E-state index contributed by atoms with van der Waals surface area (Å²) in [6, 6.07) is 13.1. The first-order chi connectivity index (χ1) is 16.6. The predicted octanol–water partition coefficient (Wildman–Crippen LogP) is 3.45. The second-order valence-electron chi connectivity index (χ2n) is 7.93. The van der Waals surface area contributed by atoms with Gasteiger partial charge in [0.2, 0.25) is 11.8 Å². The van der Waals surface area contributed by atoms with Gasteiger partial charge in [-0.05, 0) is 48.4 Å². The van der Waals surface area contributed by atoms with Crippen LogP contribution in [0.25, 0.3) is 0 Å². The van der Waals surface area contributed by atoms with Crippen molar-refractivity contribution < 1.29 is 28.2 Å². The van der Waals surface area contributed by atoms with E-state index in [4.69, 9.17) is 14.2 Å². The maximum atomic E-state index is 14.4. The molecule has 34 heavy (non-hydrogen) atoms. The Morgan fingerprint density at radius 3 is 2.79 bits per heavy atom. The van der Waals surface area contributed by atoms with Crippen LogP contribution in [-0.2, 0) is 16.1 Å². The van der Waals surface area contributed by atoms with Crippen molar-refractivity contribution in [2.45, 2.75) is 13.0 Å². The number of pyridine rings is 1. The van der Waals surface area contributed by atoms with Gasteiger partial charge < -0.3 is 24.4 Å². The van der Waals surface area contributed by atoms with Crippen molar-refractivity contribution >= 4 is 17.5 Å². The number of anilines is 1. The summed E-state index contributed by atoms with van der Waals surface area (Å²) in [7, 11) is 0. The number of nitrogens with one attached hydrogen (secondary N) is 1. The number of carbonyl (C=O) groups is 2. The minimum absolute atomic E-state index is 0.0594. The van der Waals surface area contributed by atoms with Gasteiger partial charge in [0.25, 0.3) is 0 Å². The Hall–Kier alpha value is -4.14. The summed E-state index contributed by atoms with van der Waals surface area (Å²) in [5.41, 5.74) is 1.22. The lowest BCUT2D eigenvalue weighted by molar-refractivity contribution is -0.132. The fourth-order valence-corrected chi connectivity index (χ4v) is 3.96. The van der Waals surface area contributed by atoms with Crippen molar-refractivity contribution in [2.75, 3.05) is 24.7 Å². The maximum Gasteiger partial charge on any atom is 0.239 e. The molecule has 0 saturated carbocycles. The highest BCUT2D eigenvalue weighted by molar-refractivity contribution is 6.09. The van der Waals surface area contributed by atoms with E-state index in [1.54, 1.807) is 47.5 Å². The Morgan fingerprint density at radius 2 is 2.00 bits per heavy atom. The van der Waals surface area contributed by atoms with Gasteiger partial charge in [-0.2, -0.15) is 0 Å². The lowest BCUT2D eigenvalue weighted by Crippen LogP contribution is -2.36. The first-order valence-electron chi connectivity index (χ1n) is 10.9. The van der Waals surface area contributed by atoms with Crippen LogP contribution in [0.1, 0.15) is 12.0 Å². The molecule has 2 aliphatic rings. The number of nitrogens with zero attached hydrogens (tertiary/aromatic N) is 2. The zero-order valence-corrected chi connectivity index (χ0v) is 18.2. The van der Waals surface area contributed by atoms with Crippen LogP contribution in [0.4, 0.5) is 10.1 Å². The van der Waals surface area contributed by atoms with Crippen LogP contribution in [0, 0.1) is 11.7 Å². The van der Waals surface area contributed by atoms with Crippen molar-refractivity contribution in [3.63, 3.8) is 0 Å². The van der Waals surface area contributed by atoms with E-state index in [9.17, 15) is 14.0 Å². The molecule has 9 heteroatoms. The number of hydrogen-bond donors (Lipinski definition) is 1. The second kappa shape index (κ2) is 9.38. The number of hydrogen-bond acceptors (Lipinski definition) is 6. The fourth-order valence-electron chi connectivity index (χ4n) is 3.96. The first kappa shape index (κ1) is 21.7. The van der Waals surface area contributed by atoms with E-state index in [-0.39, 0.29) is 24.1 Å². The molecule has 8 nitrogen and oxygen atoms in total. The predicted molar refractivity (Wildman–Crippen MR) is 120 cm³/mol. The molecule has 5 rings (SSSR count).